The number of carboxylic acid groups (broad SMARTS) is 1. The summed E-state index contributed by atoms with van der Waals surface area (Å²) in [5.74, 6) is -1.54. The Labute approximate surface area is 286 Å². The highest BCUT2D eigenvalue weighted by Crippen LogP contribution is 2.39. The van der Waals surface area contributed by atoms with Crippen molar-refractivity contribution in [3.05, 3.63) is 133 Å². The summed E-state index contributed by atoms with van der Waals surface area (Å²) >= 11 is 2.90. The minimum absolute atomic E-state index is 0.250. The molecule has 5 aromatic rings. The number of hydrogen-bond acceptors (Lipinski definition) is 7. The van der Waals surface area contributed by atoms with Gasteiger partial charge in [0, 0.05) is 32.6 Å². The predicted molar refractivity (Wildman–Crippen MR) is 195 cm³/mol. The quantitative estimate of drug-likeness (QED) is 0.138. The lowest BCUT2D eigenvalue weighted by molar-refractivity contribution is -0.132. The topological polar surface area (TPSA) is 97.0 Å². The van der Waals surface area contributed by atoms with Crippen LogP contribution in [0.2, 0.25) is 0 Å². The van der Waals surface area contributed by atoms with E-state index in [1.807, 2.05) is 42.5 Å². The Bertz CT molecular complexity index is 2200. The normalized spacial score (nSPS) is 15.4. The van der Waals surface area contributed by atoms with Gasteiger partial charge in [0.15, 0.2) is 0 Å². The highest BCUT2D eigenvalue weighted by molar-refractivity contribution is 7.16. The molecule has 0 saturated carbocycles. The molecule has 0 spiro atoms. The number of amides is 1. The van der Waals surface area contributed by atoms with Crippen molar-refractivity contribution in [2.24, 2.45) is 5.10 Å². The summed E-state index contributed by atoms with van der Waals surface area (Å²) < 4.78 is 0. The molecule has 9 heteroatoms. The van der Waals surface area contributed by atoms with Gasteiger partial charge in [0.2, 0.25) is 0 Å². The molecule has 1 amide bonds. The first-order chi connectivity index (χ1) is 23.3. The van der Waals surface area contributed by atoms with E-state index in [1.165, 1.54) is 50.5 Å². The second-order valence-electron chi connectivity index (χ2n) is 11.8. The fourth-order valence-electron chi connectivity index (χ4n) is 6.17. The van der Waals surface area contributed by atoms with E-state index < -0.39 is 5.97 Å². The fraction of sp³-hybridized carbons (Fsp3) is 0.128. The van der Waals surface area contributed by atoms with Gasteiger partial charge in [0.05, 0.1) is 16.1 Å². The molecule has 3 aromatic carbocycles. The first-order valence-electron chi connectivity index (χ1n) is 15.5. The van der Waals surface area contributed by atoms with Gasteiger partial charge in [-0.1, -0.05) is 30.3 Å². The van der Waals surface area contributed by atoms with Crippen LogP contribution < -0.4 is 9.91 Å². The third kappa shape index (κ3) is 6.11. The first-order valence-corrected chi connectivity index (χ1v) is 17.1. The molecule has 0 bridgehead atoms. The third-order valence-corrected chi connectivity index (χ3v) is 10.4. The monoisotopic (exact) mass is 666 g/mol. The first kappa shape index (κ1) is 31.1. The van der Waals surface area contributed by atoms with Crippen molar-refractivity contribution in [1.82, 2.24) is 0 Å². The maximum absolute atomic E-state index is 13.9. The summed E-state index contributed by atoms with van der Waals surface area (Å²) in [6.45, 7) is 5.28. The molecule has 0 saturated heterocycles. The number of thiophene rings is 2. The van der Waals surface area contributed by atoms with Crippen LogP contribution in [0.4, 0.5) is 17.1 Å². The van der Waals surface area contributed by atoms with E-state index in [1.54, 1.807) is 29.5 Å². The summed E-state index contributed by atoms with van der Waals surface area (Å²) in [5.41, 5.74) is 8.71. The third-order valence-electron chi connectivity index (χ3n) is 8.29. The Morgan fingerprint density at radius 3 is 2.38 bits per heavy atom. The van der Waals surface area contributed by atoms with Crippen LogP contribution in [0.1, 0.15) is 37.7 Å². The number of rotatable bonds is 7. The number of hydrogen-bond donors (Lipinski definition) is 1. The number of nitrogens with zero attached hydrogens (tertiary/aromatic N) is 4. The molecule has 1 N–H and O–H groups in total. The lowest BCUT2D eigenvalue weighted by Gasteiger charge is -2.32. The molecular formula is C39H30N4O3S2. The number of anilines is 3. The molecule has 48 heavy (non-hydrogen) atoms. The molecule has 2 aromatic heterocycles. The Hall–Kier alpha value is -5.56. The fourth-order valence-corrected chi connectivity index (χ4v) is 8.06. The van der Waals surface area contributed by atoms with Gasteiger partial charge in [-0.25, -0.2) is 4.79 Å². The summed E-state index contributed by atoms with van der Waals surface area (Å²) in [6, 6.07) is 32.0. The zero-order chi connectivity index (χ0) is 33.4. The van der Waals surface area contributed by atoms with E-state index in [0.29, 0.717) is 26.7 Å². The van der Waals surface area contributed by atoms with Crippen LogP contribution in [0, 0.1) is 25.2 Å². The summed E-state index contributed by atoms with van der Waals surface area (Å²) in [7, 11) is 0. The van der Waals surface area contributed by atoms with Gasteiger partial charge in [-0.2, -0.15) is 15.4 Å². The lowest BCUT2D eigenvalue weighted by Crippen LogP contribution is -2.24. The van der Waals surface area contributed by atoms with E-state index in [0.717, 1.165) is 34.7 Å². The molecule has 0 radical (unpaired) electrons. The van der Waals surface area contributed by atoms with Crippen LogP contribution in [-0.2, 0) is 16.0 Å². The van der Waals surface area contributed by atoms with Gasteiger partial charge in [0.1, 0.15) is 17.4 Å². The largest absolute Gasteiger partial charge is 0.477 e. The van der Waals surface area contributed by atoms with Gasteiger partial charge in [-0.3, -0.25) is 4.79 Å². The van der Waals surface area contributed by atoms with Crippen molar-refractivity contribution in [3.63, 3.8) is 0 Å². The number of aryl methyl sites for hydroxylation is 3. The standard InChI is InChI=1S/C39H30N4O3S2/c1-24-17-25(2)19-30(18-24)42-16-6-7-26-20-27(10-13-34(26)42)35-14-11-32(47-35)22-33-37(41-43(38(33)44)29-8-4-3-5-9-29)36-15-12-31(48-36)21-28(23-40)39(45)46/h3-5,8-15,17-22H,6-7,16H2,1-2H3,(H,45,46). The van der Waals surface area contributed by atoms with Gasteiger partial charge in [-0.05, 0) is 122 Å². The van der Waals surface area contributed by atoms with Crippen LogP contribution in [0.15, 0.2) is 107 Å². The Balaban J connectivity index is 1.21. The van der Waals surface area contributed by atoms with Crippen LogP contribution in [-0.4, -0.2) is 29.2 Å². The van der Waals surface area contributed by atoms with Gasteiger partial charge in [-0.15, -0.1) is 22.7 Å². The Morgan fingerprint density at radius 1 is 0.896 bits per heavy atom. The van der Waals surface area contributed by atoms with Crippen LogP contribution in [0.25, 0.3) is 22.6 Å². The molecule has 4 heterocycles. The van der Waals surface area contributed by atoms with Crippen molar-refractivity contribution in [1.29, 1.82) is 5.26 Å². The molecule has 0 unspecified atom stereocenters. The Kier molecular flexibility index (Phi) is 8.36. The summed E-state index contributed by atoms with van der Waals surface area (Å²) in [5, 5.41) is 24.6. The van der Waals surface area contributed by atoms with Crippen molar-refractivity contribution < 1.29 is 14.7 Å². The molecule has 0 fully saturated rings. The second kappa shape index (κ2) is 12.9. The molecule has 0 atom stereocenters. The van der Waals surface area contributed by atoms with Gasteiger partial charge < -0.3 is 10.0 Å². The molecule has 7 rings (SSSR count). The van der Waals surface area contributed by atoms with Crippen molar-refractivity contribution in [3.8, 4) is 16.5 Å². The number of carbonyl (C=O) groups is 2. The average Bonchev–Trinajstić information content (AvgIpc) is 3.83. The van der Waals surface area contributed by atoms with E-state index in [4.69, 9.17) is 5.10 Å². The summed E-state index contributed by atoms with van der Waals surface area (Å²) in [4.78, 5) is 31.0. The number of benzene rings is 3. The maximum Gasteiger partial charge on any atom is 0.346 e. The van der Waals surface area contributed by atoms with Crippen molar-refractivity contribution in [2.45, 2.75) is 26.7 Å². The Morgan fingerprint density at radius 2 is 1.62 bits per heavy atom. The SMILES string of the molecule is Cc1cc(C)cc(N2CCCc3cc(-c4ccc(C=C5C(=O)N(c6ccccc6)N=C5c5ccc(C=C(C#N)C(=O)O)s5)s4)ccc32)c1. The van der Waals surface area contributed by atoms with E-state index in [-0.39, 0.29) is 11.5 Å². The molecule has 236 valence electrons. The van der Waals surface area contributed by atoms with Crippen molar-refractivity contribution >= 4 is 69.5 Å². The number of fused-ring (bicyclic) bond motifs is 1. The second-order valence-corrected chi connectivity index (χ2v) is 14.0. The average molecular weight is 667 g/mol. The van der Waals surface area contributed by atoms with Crippen LogP contribution >= 0.6 is 22.7 Å². The highest BCUT2D eigenvalue weighted by Gasteiger charge is 2.33. The summed E-state index contributed by atoms with van der Waals surface area (Å²) in [6.07, 6.45) is 5.32. The van der Waals surface area contributed by atoms with Crippen molar-refractivity contribution in [2.75, 3.05) is 16.5 Å². The molecular weight excluding hydrogens is 637 g/mol. The van der Waals surface area contributed by atoms with E-state index in [9.17, 15) is 20.0 Å². The number of hydrazone groups is 1. The molecule has 2 aliphatic rings. The highest BCUT2D eigenvalue weighted by atomic mass is 32.1. The van der Waals surface area contributed by atoms with E-state index >= 15 is 0 Å². The number of aliphatic carboxylic acids is 1. The van der Waals surface area contributed by atoms with Gasteiger partial charge >= 0.3 is 5.97 Å². The zero-order valence-electron chi connectivity index (χ0n) is 26.3. The minimum atomic E-state index is -1.29. The smallest absolute Gasteiger partial charge is 0.346 e. The van der Waals surface area contributed by atoms with E-state index in [2.05, 4.69) is 61.2 Å². The minimum Gasteiger partial charge on any atom is -0.477 e. The predicted octanol–water partition coefficient (Wildman–Crippen LogP) is 9.00. The van der Waals surface area contributed by atoms with Gasteiger partial charge in [0.25, 0.3) is 5.91 Å². The molecule has 2 aliphatic heterocycles. The van der Waals surface area contributed by atoms with Crippen LogP contribution in [0.3, 0.4) is 0 Å². The molecule has 0 aliphatic carbocycles. The molecule has 7 nitrogen and oxygen atoms in total. The number of carboxylic acids is 1. The number of para-hydroxylation sites is 1. The van der Waals surface area contributed by atoms with Crippen LogP contribution in [0.5, 0.6) is 0 Å². The number of nitriles is 1. The lowest BCUT2D eigenvalue weighted by atomic mass is 9.97. The maximum atomic E-state index is 13.9. The number of carbonyl (C=O) groups excluding carboxylic acids is 1. The zero-order valence-corrected chi connectivity index (χ0v) is 27.9.